The second-order valence-corrected chi connectivity index (χ2v) is 24.1. The number of allylic oxidation sites excluding steroid dienone is 1. The fourth-order valence-corrected chi connectivity index (χ4v) is 13.9. The van der Waals surface area contributed by atoms with Crippen LogP contribution in [0.1, 0.15) is 225 Å². The molecule has 0 heterocycles. The quantitative estimate of drug-likeness (QED) is 0.0269. The van der Waals surface area contributed by atoms with Crippen molar-refractivity contribution in [1.82, 2.24) is 5.32 Å². The molecule has 0 aliphatic heterocycles. The van der Waals surface area contributed by atoms with Gasteiger partial charge in [-0.2, -0.15) is 0 Å². The van der Waals surface area contributed by atoms with Crippen molar-refractivity contribution >= 4 is 30.6 Å². The third kappa shape index (κ3) is 22.7. The Balaban J connectivity index is 1.72. The minimum absolute atomic E-state index is 0.0183. The van der Waals surface area contributed by atoms with Crippen molar-refractivity contribution in [2.45, 2.75) is 232 Å². The summed E-state index contributed by atoms with van der Waals surface area (Å²) in [6.45, 7) is 11.6. The van der Waals surface area contributed by atoms with E-state index in [0.717, 1.165) is 32.1 Å². The Bertz CT molecular complexity index is 1600. The molecule has 0 aromatic heterocycles. The van der Waals surface area contributed by atoms with Gasteiger partial charge >= 0.3 is 5.97 Å². The first-order valence-corrected chi connectivity index (χ1v) is 28.6. The Morgan fingerprint density at radius 2 is 0.923 bits per heavy atom. The Morgan fingerprint density at radius 3 is 1.34 bits per heavy atom. The van der Waals surface area contributed by atoms with Crippen LogP contribution < -0.4 is 15.7 Å². The highest BCUT2D eigenvalue weighted by atomic mass is 28.4. The minimum Gasteiger partial charge on any atom is -0.452 e. The van der Waals surface area contributed by atoms with Crippen molar-refractivity contribution in [3.63, 3.8) is 0 Å². The average Bonchev–Trinajstić information content (AvgIpc) is 3.31. The number of esters is 1. The fourth-order valence-electron chi connectivity index (χ4n) is 9.31. The molecule has 0 radical (unpaired) electrons. The molecular weight excluding hydrogens is 815 g/mol. The van der Waals surface area contributed by atoms with E-state index >= 15 is 0 Å². The predicted octanol–water partition coefficient (Wildman–Crippen LogP) is 15.8. The molecule has 0 spiro atoms. The summed E-state index contributed by atoms with van der Waals surface area (Å²) >= 11 is 0. The first kappa shape index (κ1) is 55.8. The zero-order valence-corrected chi connectivity index (χ0v) is 43.1. The van der Waals surface area contributed by atoms with Crippen LogP contribution >= 0.6 is 0 Å². The summed E-state index contributed by atoms with van der Waals surface area (Å²) in [6.07, 6.45) is 38.3. The Labute approximate surface area is 399 Å². The van der Waals surface area contributed by atoms with Gasteiger partial charge in [-0.1, -0.05) is 274 Å². The molecular formula is C59H93NO4Si. The summed E-state index contributed by atoms with van der Waals surface area (Å²) in [5.41, 5.74) is 0.493. The van der Waals surface area contributed by atoms with Gasteiger partial charge in [-0.05, 0) is 52.9 Å². The number of hydrogen-bond acceptors (Lipinski definition) is 4. The lowest BCUT2D eigenvalue weighted by Crippen LogP contribution is -2.67. The molecule has 5 nitrogen and oxygen atoms in total. The molecule has 3 rings (SSSR count). The van der Waals surface area contributed by atoms with Crippen molar-refractivity contribution in [2.75, 3.05) is 6.61 Å². The summed E-state index contributed by atoms with van der Waals surface area (Å²) < 4.78 is 13.8. The molecule has 3 aromatic rings. The molecule has 2 atom stereocenters. The highest BCUT2D eigenvalue weighted by molar-refractivity contribution is 6.99. The van der Waals surface area contributed by atoms with Gasteiger partial charge in [0.15, 0.2) is 0 Å². The summed E-state index contributed by atoms with van der Waals surface area (Å²) in [5, 5.41) is 5.47. The van der Waals surface area contributed by atoms with Gasteiger partial charge in [-0.25, -0.2) is 4.79 Å². The topological polar surface area (TPSA) is 64.6 Å². The van der Waals surface area contributed by atoms with Gasteiger partial charge in [0.1, 0.15) is 6.10 Å². The van der Waals surface area contributed by atoms with E-state index in [1.165, 1.54) is 152 Å². The average molecular weight is 908 g/mol. The van der Waals surface area contributed by atoms with Crippen LogP contribution in [0.3, 0.4) is 0 Å². The van der Waals surface area contributed by atoms with Gasteiger partial charge in [-0.15, -0.1) is 0 Å². The van der Waals surface area contributed by atoms with E-state index in [4.69, 9.17) is 9.16 Å². The van der Waals surface area contributed by atoms with E-state index in [0.29, 0.717) is 12.0 Å². The van der Waals surface area contributed by atoms with Crippen LogP contribution in [0.15, 0.2) is 103 Å². The van der Waals surface area contributed by atoms with E-state index in [1.807, 2.05) is 24.3 Å². The molecule has 6 heteroatoms. The number of carbonyl (C=O) groups excluding carboxylic acids is 2. The molecule has 0 aliphatic rings. The zero-order chi connectivity index (χ0) is 46.7. The van der Waals surface area contributed by atoms with Gasteiger partial charge < -0.3 is 14.5 Å². The third-order valence-electron chi connectivity index (χ3n) is 13.2. The van der Waals surface area contributed by atoms with Crippen molar-refractivity contribution in [3.05, 3.63) is 109 Å². The van der Waals surface area contributed by atoms with Crippen LogP contribution in [0, 0.1) is 0 Å². The lowest BCUT2D eigenvalue weighted by molar-refractivity contribution is -0.123. The highest BCUT2D eigenvalue weighted by Gasteiger charge is 2.50. The van der Waals surface area contributed by atoms with Gasteiger partial charge in [-0.3, -0.25) is 4.79 Å². The predicted molar refractivity (Wildman–Crippen MR) is 281 cm³/mol. The molecule has 3 aromatic carbocycles. The van der Waals surface area contributed by atoms with E-state index in [-0.39, 0.29) is 17.6 Å². The van der Waals surface area contributed by atoms with E-state index in [1.54, 1.807) is 12.1 Å². The number of amides is 1. The minimum atomic E-state index is -2.96. The van der Waals surface area contributed by atoms with Crippen molar-refractivity contribution < 1.29 is 18.8 Å². The van der Waals surface area contributed by atoms with Crippen molar-refractivity contribution in [2.24, 2.45) is 0 Å². The summed E-state index contributed by atoms with van der Waals surface area (Å²) in [5.74, 6) is -0.419. The van der Waals surface area contributed by atoms with Crippen LogP contribution in [0.5, 0.6) is 0 Å². The maximum atomic E-state index is 14.0. The van der Waals surface area contributed by atoms with E-state index in [9.17, 15) is 9.59 Å². The van der Waals surface area contributed by atoms with Crippen LogP contribution in [0.4, 0.5) is 0 Å². The van der Waals surface area contributed by atoms with Crippen LogP contribution in [0.25, 0.3) is 0 Å². The molecule has 0 saturated heterocycles. The van der Waals surface area contributed by atoms with Crippen molar-refractivity contribution in [3.8, 4) is 0 Å². The standard InChI is InChI=1S/C59H93NO4Si/c1-6-8-10-12-14-16-18-20-21-23-25-27-29-31-42-50-57(61)60-55(51-63-65(59(3,4)5,53-45-37-33-38-46-53)54-47-39-34-40-48-54)56(64-58(62)52-43-35-32-36-44-52)49-41-30-28-26-24-22-19-17-15-13-11-9-7-2/h32-41,43-49,55-56H,6-31,42,50-51H2,1-5H3,(H,60,61)/b49-41+/t55-,56+/m0/s1. The molecule has 0 saturated carbocycles. The Hall–Kier alpha value is -3.48. The molecule has 0 bridgehead atoms. The van der Waals surface area contributed by atoms with Gasteiger partial charge in [0, 0.05) is 6.42 Å². The normalized spacial score (nSPS) is 12.9. The Morgan fingerprint density at radius 1 is 0.538 bits per heavy atom. The lowest BCUT2D eigenvalue weighted by atomic mass is 10.0. The lowest BCUT2D eigenvalue weighted by Gasteiger charge is -2.44. The van der Waals surface area contributed by atoms with E-state index < -0.39 is 26.4 Å². The van der Waals surface area contributed by atoms with Gasteiger partial charge in [0.25, 0.3) is 8.32 Å². The van der Waals surface area contributed by atoms with Crippen LogP contribution in [-0.2, 0) is 14.0 Å². The molecule has 0 fully saturated rings. The van der Waals surface area contributed by atoms with Crippen molar-refractivity contribution in [1.29, 1.82) is 0 Å². The summed E-state index contributed by atoms with van der Waals surface area (Å²) in [4.78, 5) is 27.8. The maximum Gasteiger partial charge on any atom is 0.338 e. The molecule has 0 aliphatic carbocycles. The fraction of sp³-hybridized carbons (Fsp3) is 0.627. The Kier molecular flexibility index (Phi) is 29.9. The largest absolute Gasteiger partial charge is 0.452 e. The first-order chi connectivity index (χ1) is 31.7. The number of nitrogens with one attached hydrogen (secondary N) is 1. The summed E-state index contributed by atoms with van der Waals surface area (Å²) in [6, 6.07) is 29.8. The molecule has 0 unspecified atom stereocenters. The number of rotatable bonds is 38. The van der Waals surface area contributed by atoms with Crippen LogP contribution in [0.2, 0.25) is 5.04 Å². The number of carbonyl (C=O) groups is 2. The highest BCUT2D eigenvalue weighted by Crippen LogP contribution is 2.37. The van der Waals surface area contributed by atoms with Gasteiger partial charge in [0.05, 0.1) is 18.2 Å². The number of unbranched alkanes of at least 4 members (excludes halogenated alkanes) is 25. The second kappa shape index (κ2) is 34.8. The number of hydrogen-bond donors (Lipinski definition) is 1. The van der Waals surface area contributed by atoms with E-state index in [2.05, 4.69) is 107 Å². The molecule has 65 heavy (non-hydrogen) atoms. The number of ether oxygens (including phenoxy) is 1. The maximum absolute atomic E-state index is 14.0. The SMILES string of the molecule is CCCCCCCCCCCCC/C=C/[C@@H](OC(=O)c1ccccc1)[C@H](CO[Si](c1ccccc1)(c1ccccc1)C(C)(C)C)NC(=O)CCCCCCCCCCCCCCCCC. The van der Waals surface area contributed by atoms with Gasteiger partial charge in [0.2, 0.25) is 5.91 Å². The first-order valence-electron chi connectivity index (χ1n) is 26.7. The molecule has 362 valence electrons. The molecule has 1 N–H and O–H groups in total. The smallest absolute Gasteiger partial charge is 0.338 e. The van der Waals surface area contributed by atoms with Crippen LogP contribution in [-0.4, -0.2) is 38.9 Å². The summed E-state index contributed by atoms with van der Waals surface area (Å²) in [7, 11) is -2.96. The number of benzene rings is 3. The third-order valence-corrected chi connectivity index (χ3v) is 18.2. The monoisotopic (exact) mass is 908 g/mol. The second-order valence-electron chi connectivity index (χ2n) is 19.8. The molecule has 1 amide bonds. The zero-order valence-electron chi connectivity index (χ0n) is 42.1.